The van der Waals surface area contributed by atoms with E-state index in [9.17, 15) is 9.59 Å². The van der Waals surface area contributed by atoms with E-state index in [2.05, 4.69) is 0 Å². The van der Waals surface area contributed by atoms with Gasteiger partial charge in [0.25, 0.3) is 5.91 Å². The number of carbonyl (C=O) groups excluding carboxylic acids is 2. The molecule has 2 aromatic rings. The smallest absolute Gasteiger partial charge is 0.340 e. The first-order valence-electron chi connectivity index (χ1n) is 10.1. The molecule has 0 fully saturated rings. The summed E-state index contributed by atoms with van der Waals surface area (Å²) in [4.78, 5) is 27.5. The quantitative estimate of drug-likeness (QED) is 0.464. The fourth-order valence-corrected chi connectivity index (χ4v) is 3.73. The summed E-state index contributed by atoms with van der Waals surface area (Å²) in [5, 5.41) is 0. The van der Waals surface area contributed by atoms with E-state index in [4.69, 9.17) is 18.9 Å². The van der Waals surface area contributed by atoms with Gasteiger partial charge in [-0.05, 0) is 42.7 Å². The second-order valence-corrected chi connectivity index (χ2v) is 7.16. The minimum Gasteiger partial charge on any atom is -0.493 e. The number of rotatable bonds is 8. The van der Waals surface area contributed by atoms with Crippen LogP contribution in [0.1, 0.15) is 18.1 Å². The number of nitrogens with zero attached hydrogens (tertiary/aromatic N) is 1. The van der Waals surface area contributed by atoms with Crippen LogP contribution in [0.3, 0.4) is 0 Å². The van der Waals surface area contributed by atoms with Crippen molar-refractivity contribution >= 4 is 18.0 Å². The highest BCUT2D eigenvalue weighted by molar-refractivity contribution is 6.16. The van der Waals surface area contributed by atoms with Gasteiger partial charge in [0.2, 0.25) is 5.75 Å². The van der Waals surface area contributed by atoms with Crippen LogP contribution in [0, 0.1) is 0 Å². The van der Waals surface area contributed by atoms with Crippen LogP contribution in [0.25, 0.3) is 6.08 Å². The molecule has 1 aliphatic heterocycles. The first-order valence-corrected chi connectivity index (χ1v) is 10.1. The number of esters is 1. The van der Waals surface area contributed by atoms with Crippen LogP contribution in [-0.4, -0.2) is 51.8 Å². The third-order valence-electron chi connectivity index (χ3n) is 5.37. The summed E-state index contributed by atoms with van der Waals surface area (Å²) in [6, 6.07) is 13.3. The van der Waals surface area contributed by atoms with Crippen molar-refractivity contribution in [1.82, 2.24) is 4.90 Å². The van der Waals surface area contributed by atoms with Crippen molar-refractivity contribution in [3.63, 3.8) is 0 Å². The van der Waals surface area contributed by atoms with Crippen molar-refractivity contribution in [3.05, 3.63) is 70.4 Å². The van der Waals surface area contributed by atoms with Gasteiger partial charge in [0.05, 0.1) is 39.6 Å². The van der Waals surface area contributed by atoms with Crippen LogP contribution in [0.5, 0.6) is 17.2 Å². The minimum atomic E-state index is -0.559. The Kier molecular flexibility index (Phi) is 7.20. The zero-order chi connectivity index (χ0) is 23.3. The third kappa shape index (κ3) is 4.46. The number of methoxy groups -OCH3 is 4. The fraction of sp³-hybridized carbons (Fsp3) is 0.280. The summed E-state index contributed by atoms with van der Waals surface area (Å²) >= 11 is 0. The number of ether oxygens (including phenoxy) is 4. The molecule has 0 unspecified atom stereocenters. The van der Waals surface area contributed by atoms with Crippen LogP contribution in [-0.2, 0) is 20.7 Å². The molecule has 0 aliphatic carbocycles. The van der Waals surface area contributed by atoms with Gasteiger partial charge in [-0.3, -0.25) is 4.79 Å². The predicted octanol–water partition coefficient (Wildman–Crippen LogP) is 3.63. The summed E-state index contributed by atoms with van der Waals surface area (Å²) in [6.45, 7) is 2.20. The van der Waals surface area contributed by atoms with E-state index in [1.54, 1.807) is 30.0 Å². The Morgan fingerprint density at radius 2 is 1.59 bits per heavy atom. The molecule has 0 saturated heterocycles. The molecule has 2 aromatic carbocycles. The fourth-order valence-electron chi connectivity index (χ4n) is 3.73. The van der Waals surface area contributed by atoms with Crippen LogP contribution in [0.4, 0.5) is 0 Å². The van der Waals surface area contributed by atoms with Gasteiger partial charge in [0.15, 0.2) is 11.5 Å². The molecule has 7 heteroatoms. The number of carbonyl (C=O) groups is 2. The highest BCUT2D eigenvalue weighted by Crippen LogP contribution is 2.40. The SMILES string of the molecule is COC(=O)C1=C(C)N(CCc2ccccc2)C(=O)/C1=C\c1cc(OC)c(OC)c(OC)c1. The van der Waals surface area contributed by atoms with Gasteiger partial charge in [0, 0.05) is 12.2 Å². The molecule has 0 saturated carbocycles. The Morgan fingerprint density at radius 1 is 0.969 bits per heavy atom. The van der Waals surface area contributed by atoms with Gasteiger partial charge in [-0.2, -0.15) is 0 Å². The maximum absolute atomic E-state index is 13.3. The van der Waals surface area contributed by atoms with Crippen LogP contribution in [0.2, 0.25) is 0 Å². The molecule has 1 amide bonds. The topological polar surface area (TPSA) is 74.3 Å². The van der Waals surface area contributed by atoms with Gasteiger partial charge < -0.3 is 23.8 Å². The Balaban J connectivity index is 2.02. The van der Waals surface area contributed by atoms with E-state index in [1.807, 2.05) is 30.3 Å². The van der Waals surface area contributed by atoms with Crippen molar-refractivity contribution in [1.29, 1.82) is 0 Å². The van der Waals surface area contributed by atoms with E-state index >= 15 is 0 Å². The molecular formula is C25H27NO6. The van der Waals surface area contributed by atoms with Crippen molar-refractivity contribution < 1.29 is 28.5 Å². The third-order valence-corrected chi connectivity index (χ3v) is 5.37. The van der Waals surface area contributed by atoms with Crippen molar-refractivity contribution in [2.75, 3.05) is 35.0 Å². The van der Waals surface area contributed by atoms with E-state index in [1.165, 1.54) is 28.4 Å². The summed E-state index contributed by atoms with van der Waals surface area (Å²) in [6.07, 6.45) is 2.31. The second kappa shape index (κ2) is 10.0. The summed E-state index contributed by atoms with van der Waals surface area (Å²) in [7, 11) is 5.86. The predicted molar refractivity (Wildman–Crippen MR) is 121 cm³/mol. The molecule has 0 aromatic heterocycles. The van der Waals surface area contributed by atoms with Crippen molar-refractivity contribution in [3.8, 4) is 17.2 Å². The maximum atomic E-state index is 13.3. The van der Waals surface area contributed by atoms with Crippen LogP contribution < -0.4 is 14.2 Å². The highest BCUT2D eigenvalue weighted by Gasteiger charge is 2.36. The molecule has 3 rings (SSSR count). The van der Waals surface area contributed by atoms with Gasteiger partial charge >= 0.3 is 5.97 Å². The first-order chi connectivity index (χ1) is 15.4. The lowest BCUT2D eigenvalue weighted by Gasteiger charge is -2.17. The molecule has 32 heavy (non-hydrogen) atoms. The largest absolute Gasteiger partial charge is 0.493 e. The molecule has 168 valence electrons. The molecule has 0 radical (unpaired) electrons. The normalized spacial score (nSPS) is 14.7. The highest BCUT2D eigenvalue weighted by atomic mass is 16.5. The number of hydrogen-bond donors (Lipinski definition) is 0. The van der Waals surface area contributed by atoms with Crippen LogP contribution >= 0.6 is 0 Å². The summed E-state index contributed by atoms with van der Waals surface area (Å²) < 4.78 is 21.1. The molecule has 1 heterocycles. The van der Waals surface area contributed by atoms with Crippen molar-refractivity contribution in [2.24, 2.45) is 0 Å². The molecule has 7 nitrogen and oxygen atoms in total. The monoisotopic (exact) mass is 437 g/mol. The number of amides is 1. The van der Waals surface area contributed by atoms with E-state index < -0.39 is 5.97 Å². The van der Waals surface area contributed by atoms with Gasteiger partial charge in [-0.15, -0.1) is 0 Å². The van der Waals surface area contributed by atoms with E-state index in [-0.39, 0.29) is 17.1 Å². The molecule has 1 aliphatic rings. The lowest BCUT2D eigenvalue weighted by molar-refractivity contribution is -0.136. The van der Waals surface area contributed by atoms with Gasteiger partial charge in [-0.1, -0.05) is 30.3 Å². The first kappa shape index (κ1) is 22.9. The molecular weight excluding hydrogens is 410 g/mol. The number of allylic oxidation sites excluding steroid dienone is 1. The zero-order valence-corrected chi connectivity index (χ0v) is 18.9. The second-order valence-electron chi connectivity index (χ2n) is 7.16. The number of hydrogen-bond acceptors (Lipinski definition) is 6. The summed E-state index contributed by atoms with van der Waals surface area (Å²) in [5.74, 6) is 0.527. The Morgan fingerprint density at radius 3 is 2.12 bits per heavy atom. The molecule has 0 spiro atoms. The maximum Gasteiger partial charge on any atom is 0.340 e. The van der Waals surface area contributed by atoms with E-state index in [0.29, 0.717) is 41.5 Å². The Bertz CT molecular complexity index is 1050. The van der Waals surface area contributed by atoms with E-state index in [0.717, 1.165) is 5.56 Å². The minimum absolute atomic E-state index is 0.249. The van der Waals surface area contributed by atoms with Gasteiger partial charge in [0.1, 0.15) is 0 Å². The molecule has 0 atom stereocenters. The molecule has 0 bridgehead atoms. The Hall–Kier alpha value is -3.74. The Labute approximate surface area is 187 Å². The van der Waals surface area contributed by atoms with Crippen molar-refractivity contribution in [2.45, 2.75) is 13.3 Å². The molecule has 0 N–H and O–H groups in total. The average molecular weight is 437 g/mol. The number of benzene rings is 2. The average Bonchev–Trinajstić information content (AvgIpc) is 3.05. The zero-order valence-electron chi connectivity index (χ0n) is 18.9. The lowest BCUT2D eigenvalue weighted by atomic mass is 10.0. The van der Waals surface area contributed by atoms with Gasteiger partial charge in [-0.25, -0.2) is 4.79 Å². The summed E-state index contributed by atoms with van der Waals surface area (Å²) in [5.41, 5.74) is 2.81. The standard InChI is InChI=1S/C25H27NO6/c1-16-22(25(28)32-5)19(24(27)26(16)12-11-17-9-7-6-8-10-17)13-18-14-20(29-2)23(31-4)21(15-18)30-3/h6-10,13-15H,11-12H2,1-5H3/b19-13-. The lowest BCUT2D eigenvalue weighted by Crippen LogP contribution is -2.27. The van der Waals surface area contributed by atoms with Crippen LogP contribution in [0.15, 0.2) is 59.3 Å².